The molecule has 0 bridgehead atoms. The Balaban J connectivity index is 1.44. The Bertz CT molecular complexity index is 1460. The van der Waals surface area contributed by atoms with E-state index in [0.29, 0.717) is 31.6 Å². The van der Waals surface area contributed by atoms with Gasteiger partial charge in [0.25, 0.3) is 0 Å². The number of carbonyl (C=O) groups excluding carboxylic acids is 1. The first-order valence-corrected chi connectivity index (χ1v) is 14.5. The molecule has 0 saturated carbocycles. The molecule has 0 unspecified atom stereocenters. The van der Waals surface area contributed by atoms with Crippen molar-refractivity contribution in [2.45, 2.75) is 56.7 Å². The molecule has 3 heterocycles. The summed E-state index contributed by atoms with van der Waals surface area (Å²) in [5, 5.41) is 12.9. The number of aromatic nitrogens is 1. The molecule has 2 aliphatic rings. The van der Waals surface area contributed by atoms with Gasteiger partial charge in [-0.15, -0.1) is 0 Å². The van der Waals surface area contributed by atoms with Crippen LogP contribution in [-0.2, 0) is 22.8 Å². The fourth-order valence-electron chi connectivity index (χ4n) is 6.32. The number of nitrogens with zero attached hydrogens (tertiary/aromatic N) is 4. The summed E-state index contributed by atoms with van der Waals surface area (Å²) in [6.07, 6.45) is 1.04. The molecule has 220 valence electrons. The number of halogens is 3. The van der Waals surface area contributed by atoms with E-state index in [9.17, 15) is 23.2 Å². The zero-order valence-corrected chi connectivity index (χ0v) is 24.0. The number of likely N-dealkylation sites (N-methyl/N-ethyl adjacent to an activating group) is 1. The predicted molar refractivity (Wildman–Crippen MR) is 157 cm³/mol. The summed E-state index contributed by atoms with van der Waals surface area (Å²) in [6, 6.07) is 17.5. The maximum atomic E-state index is 14.0. The highest BCUT2D eigenvalue weighted by Crippen LogP contribution is 2.40. The molecule has 42 heavy (non-hydrogen) atoms. The van der Waals surface area contributed by atoms with Crippen molar-refractivity contribution in [3.05, 3.63) is 83.0 Å². The van der Waals surface area contributed by atoms with Gasteiger partial charge in [0, 0.05) is 37.4 Å². The van der Waals surface area contributed by atoms with E-state index in [4.69, 9.17) is 4.98 Å². The van der Waals surface area contributed by atoms with E-state index in [0.717, 1.165) is 61.3 Å². The lowest BCUT2D eigenvalue weighted by Gasteiger charge is -2.42. The first-order chi connectivity index (χ1) is 20.1. The largest absolute Gasteiger partial charge is 0.416 e. The van der Waals surface area contributed by atoms with Crippen LogP contribution < -0.4 is 10.2 Å². The van der Waals surface area contributed by atoms with Crippen LogP contribution >= 0.6 is 0 Å². The molecule has 1 N–H and O–H groups in total. The monoisotopic (exact) mass is 575 g/mol. The molecule has 1 amide bonds. The normalized spacial score (nSPS) is 19.0. The lowest BCUT2D eigenvalue weighted by molar-refractivity contribution is -0.137. The summed E-state index contributed by atoms with van der Waals surface area (Å²) < 4.78 is 39.8. The van der Waals surface area contributed by atoms with Crippen LogP contribution in [0.1, 0.15) is 54.9 Å². The van der Waals surface area contributed by atoms with Crippen LogP contribution in [0, 0.1) is 11.3 Å². The molecule has 6 nitrogen and oxygen atoms in total. The topological polar surface area (TPSA) is 72.3 Å². The van der Waals surface area contributed by atoms with Gasteiger partial charge in [0.15, 0.2) is 0 Å². The van der Waals surface area contributed by atoms with Gasteiger partial charge in [-0.25, -0.2) is 0 Å². The number of likely N-dealkylation sites (tertiary alicyclic amines) is 1. The van der Waals surface area contributed by atoms with E-state index in [1.54, 1.807) is 0 Å². The van der Waals surface area contributed by atoms with Gasteiger partial charge in [0.05, 0.1) is 27.9 Å². The second-order valence-corrected chi connectivity index (χ2v) is 11.5. The zero-order chi connectivity index (χ0) is 29.9. The van der Waals surface area contributed by atoms with Crippen LogP contribution in [0.5, 0.6) is 0 Å². The third-order valence-electron chi connectivity index (χ3n) is 8.69. The molecule has 0 spiro atoms. The molecule has 2 aromatic carbocycles. The lowest BCUT2D eigenvalue weighted by Crippen LogP contribution is -2.54. The summed E-state index contributed by atoms with van der Waals surface area (Å²) in [5.74, 6) is -0.0451. The molecule has 9 heteroatoms. The average Bonchev–Trinajstić information content (AvgIpc) is 3.41. The number of benzene rings is 2. The predicted octanol–water partition coefficient (Wildman–Crippen LogP) is 5.95. The van der Waals surface area contributed by atoms with E-state index in [1.807, 2.05) is 48.5 Å². The third kappa shape index (κ3) is 6.00. The molecular formula is C33H36F3N5O. The Hall–Kier alpha value is -3.90. The highest BCUT2D eigenvalue weighted by molar-refractivity contribution is 5.89. The molecule has 2 saturated heterocycles. The maximum absolute atomic E-state index is 14.0. The third-order valence-corrected chi connectivity index (χ3v) is 8.69. The van der Waals surface area contributed by atoms with E-state index < -0.39 is 17.2 Å². The van der Waals surface area contributed by atoms with Crippen LogP contribution in [0.2, 0.25) is 0 Å². The summed E-state index contributed by atoms with van der Waals surface area (Å²) in [7, 11) is 2.04. The number of aryl methyl sites for hydroxylation is 1. The molecule has 3 aromatic rings. The van der Waals surface area contributed by atoms with Crippen molar-refractivity contribution in [2.75, 3.05) is 38.1 Å². The molecular weight excluding hydrogens is 539 g/mol. The fourth-order valence-corrected chi connectivity index (χ4v) is 6.32. The summed E-state index contributed by atoms with van der Waals surface area (Å²) >= 11 is 0. The van der Waals surface area contributed by atoms with Crippen molar-refractivity contribution >= 4 is 11.6 Å². The number of alkyl halides is 3. The van der Waals surface area contributed by atoms with Gasteiger partial charge in [0.2, 0.25) is 5.91 Å². The quantitative estimate of drug-likeness (QED) is 0.377. The highest BCUT2D eigenvalue weighted by atomic mass is 19.4. The molecule has 1 aromatic heterocycles. The molecule has 1 atom stereocenters. The number of amides is 1. The fraction of sp³-hybridized carbons (Fsp3) is 0.424. The Morgan fingerprint density at radius 1 is 1.12 bits per heavy atom. The Morgan fingerprint density at radius 2 is 1.88 bits per heavy atom. The minimum Gasteiger partial charge on any atom is -0.370 e. The number of hydrogen-bond acceptors (Lipinski definition) is 5. The number of piperidine rings is 1. The second kappa shape index (κ2) is 12.1. The highest BCUT2D eigenvalue weighted by Gasteiger charge is 2.44. The van der Waals surface area contributed by atoms with Gasteiger partial charge in [0.1, 0.15) is 6.07 Å². The summed E-state index contributed by atoms with van der Waals surface area (Å²) in [6.45, 7) is 4.69. The second-order valence-electron chi connectivity index (χ2n) is 11.5. The van der Waals surface area contributed by atoms with E-state index >= 15 is 0 Å². The van der Waals surface area contributed by atoms with Crippen molar-refractivity contribution < 1.29 is 18.0 Å². The summed E-state index contributed by atoms with van der Waals surface area (Å²) in [4.78, 5) is 23.0. The molecule has 2 aliphatic heterocycles. The van der Waals surface area contributed by atoms with Gasteiger partial charge in [-0.1, -0.05) is 43.7 Å². The Labute approximate surface area is 245 Å². The van der Waals surface area contributed by atoms with E-state index in [-0.39, 0.29) is 17.5 Å². The molecule has 0 aliphatic carbocycles. The first-order valence-electron chi connectivity index (χ1n) is 14.5. The minimum atomic E-state index is -4.52. The minimum absolute atomic E-state index is 0.0208. The van der Waals surface area contributed by atoms with Crippen molar-refractivity contribution in [1.29, 1.82) is 5.26 Å². The van der Waals surface area contributed by atoms with Gasteiger partial charge in [-0.2, -0.15) is 18.4 Å². The van der Waals surface area contributed by atoms with Gasteiger partial charge < -0.3 is 15.1 Å². The van der Waals surface area contributed by atoms with Crippen molar-refractivity contribution in [2.24, 2.45) is 0 Å². The standard InChI is InChI=1S/C33H36F3N5O/c1-3-6-23-7-4-5-8-28(23)29-11-9-26(21-38-29)32(31(42)39-27-13-16-40(2)22-27)14-17-41(18-15-32)30-12-10-25(33(34,35)36)19-24(30)20-37/h4-5,7-12,19,21,27H,3,6,13-18,22H2,1-2H3,(H,39,42)/t27-/m1/s1. The van der Waals surface area contributed by atoms with Crippen molar-refractivity contribution in [3.63, 3.8) is 0 Å². The number of nitriles is 1. The number of pyridine rings is 1. The van der Waals surface area contributed by atoms with Crippen LogP contribution in [0.4, 0.5) is 18.9 Å². The summed E-state index contributed by atoms with van der Waals surface area (Å²) in [5.41, 5.74) is 2.75. The van der Waals surface area contributed by atoms with Gasteiger partial charge in [-0.3, -0.25) is 9.78 Å². The van der Waals surface area contributed by atoms with Crippen molar-refractivity contribution in [1.82, 2.24) is 15.2 Å². The first kappa shape index (κ1) is 29.6. The lowest BCUT2D eigenvalue weighted by atomic mass is 9.72. The van der Waals surface area contributed by atoms with E-state index in [2.05, 4.69) is 29.3 Å². The molecule has 0 radical (unpaired) electrons. The number of hydrogen-bond donors (Lipinski definition) is 1. The van der Waals surface area contributed by atoms with Crippen LogP contribution in [0.15, 0.2) is 60.8 Å². The smallest absolute Gasteiger partial charge is 0.370 e. The van der Waals surface area contributed by atoms with Crippen LogP contribution in [0.3, 0.4) is 0 Å². The van der Waals surface area contributed by atoms with Crippen LogP contribution in [-0.4, -0.2) is 55.1 Å². The van der Waals surface area contributed by atoms with Crippen molar-refractivity contribution in [3.8, 4) is 17.3 Å². The molecule has 5 rings (SSSR count). The zero-order valence-electron chi connectivity index (χ0n) is 24.0. The Morgan fingerprint density at radius 3 is 2.50 bits per heavy atom. The number of nitrogens with one attached hydrogen (secondary N) is 1. The van der Waals surface area contributed by atoms with Gasteiger partial charge >= 0.3 is 6.18 Å². The number of carbonyl (C=O) groups is 1. The SMILES string of the molecule is CCCc1ccccc1-c1ccc(C2(C(=O)N[C@@H]3CCN(C)C3)CCN(c3ccc(C(F)(F)F)cc3C#N)CC2)cn1. The number of rotatable bonds is 7. The van der Waals surface area contributed by atoms with Crippen LogP contribution in [0.25, 0.3) is 11.3 Å². The van der Waals surface area contributed by atoms with Gasteiger partial charge in [-0.05, 0) is 74.7 Å². The Kier molecular flexibility index (Phi) is 8.55. The average molecular weight is 576 g/mol. The van der Waals surface area contributed by atoms with E-state index in [1.165, 1.54) is 11.6 Å². The maximum Gasteiger partial charge on any atom is 0.416 e. The molecule has 2 fully saturated rings. The number of anilines is 1.